The number of nitrogens with zero attached hydrogens (tertiary/aromatic N) is 1. The van der Waals surface area contributed by atoms with Gasteiger partial charge < -0.3 is 20.9 Å². The van der Waals surface area contributed by atoms with Gasteiger partial charge in [0.25, 0.3) is 0 Å². The van der Waals surface area contributed by atoms with E-state index in [1.807, 2.05) is 45.0 Å². The number of nitrogens with one attached hydrogen (secondary N) is 3. The summed E-state index contributed by atoms with van der Waals surface area (Å²) in [6.45, 7) is 7.79. The quantitative estimate of drug-likeness (QED) is 0.794. The second-order valence-corrected chi connectivity index (χ2v) is 7.20. The topological polar surface area (TPSA) is 73.5 Å². The van der Waals surface area contributed by atoms with Crippen LogP contribution >= 0.6 is 0 Å². The molecule has 1 aromatic carbocycles. The molecule has 0 atom stereocenters. The number of carbonyl (C=O) groups excluding carboxylic acids is 2. The lowest BCUT2D eigenvalue weighted by atomic mass is 10.1. The number of piperidine rings is 1. The summed E-state index contributed by atoms with van der Waals surface area (Å²) in [6, 6.07) is 7.51. The molecule has 3 N–H and O–H groups in total. The van der Waals surface area contributed by atoms with E-state index in [1.165, 1.54) is 24.9 Å². The number of rotatable bonds is 4. The summed E-state index contributed by atoms with van der Waals surface area (Å²) in [4.78, 5) is 25.9. The molecular weight excluding hydrogens is 304 g/mol. The summed E-state index contributed by atoms with van der Waals surface area (Å²) in [5, 5.41) is 8.09. The Kier molecular flexibility index (Phi) is 6.06. The Bertz CT molecular complexity index is 557. The highest BCUT2D eigenvalue weighted by Gasteiger charge is 2.14. The van der Waals surface area contributed by atoms with Gasteiger partial charge in [-0.3, -0.25) is 4.79 Å². The van der Waals surface area contributed by atoms with E-state index in [-0.39, 0.29) is 24.0 Å². The van der Waals surface area contributed by atoms with Gasteiger partial charge in [-0.1, -0.05) is 0 Å². The highest BCUT2D eigenvalue weighted by atomic mass is 16.2. The van der Waals surface area contributed by atoms with E-state index in [0.717, 1.165) is 18.8 Å². The fourth-order valence-electron chi connectivity index (χ4n) is 2.66. The van der Waals surface area contributed by atoms with Crippen molar-refractivity contribution in [3.05, 3.63) is 24.3 Å². The zero-order valence-corrected chi connectivity index (χ0v) is 14.8. The van der Waals surface area contributed by atoms with Gasteiger partial charge >= 0.3 is 6.03 Å². The average molecular weight is 332 g/mol. The van der Waals surface area contributed by atoms with Crippen molar-refractivity contribution < 1.29 is 9.59 Å². The molecule has 0 radical (unpaired) electrons. The van der Waals surface area contributed by atoms with Crippen LogP contribution in [0.15, 0.2) is 24.3 Å². The lowest BCUT2D eigenvalue weighted by Gasteiger charge is -2.28. The maximum absolute atomic E-state index is 11.9. The molecule has 1 heterocycles. The third-order valence-corrected chi connectivity index (χ3v) is 3.77. The van der Waals surface area contributed by atoms with Gasteiger partial charge in [0, 0.05) is 30.0 Å². The fraction of sp³-hybridized carbons (Fsp3) is 0.556. The van der Waals surface area contributed by atoms with Crippen molar-refractivity contribution in [3.8, 4) is 0 Å². The number of anilines is 2. The first-order valence-electron chi connectivity index (χ1n) is 8.54. The van der Waals surface area contributed by atoms with E-state index < -0.39 is 0 Å². The fourth-order valence-corrected chi connectivity index (χ4v) is 2.66. The van der Waals surface area contributed by atoms with Crippen LogP contribution in [0, 0.1) is 0 Å². The van der Waals surface area contributed by atoms with E-state index in [9.17, 15) is 9.59 Å². The van der Waals surface area contributed by atoms with Gasteiger partial charge in [0.2, 0.25) is 5.91 Å². The van der Waals surface area contributed by atoms with Crippen molar-refractivity contribution >= 4 is 23.3 Å². The molecule has 0 aromatic heterocycles. The molecule has 2 rings (SSSR count). The molecule has 3 amide bonds. The minimum absolute atomic E-state index is 0.0597. The first kappa shape index (κ1) is 18.1. The number of benzene rings is 1. The van der Waals surface area contributed by atoms with Crippen LogP contribution < -0.4 is 20.9 Å². The molecule has 6 heteroatoms. The summed E-state index contributed by atoms with van der Waals surface area (Å²) in [5.41, 5.74) is 1.60. The lowest BCUT2D eigenvalue weighted by molar-refractivity contribution is -0.115. The standard InChI is InChI=1S/C18H28N4O2/c1-18(2,3)21-17(24)19-13-16(23)20-14-7-9-15(10-8-14)22-11-5-4-6-12-22/h7-10H,4-6,11-13H2,1-3H3,(H,20,23)(H2,19,21,24). The molecule has 0 bridgehead atoms. The largest absolute Gasteiger partial charge is 0.372 e. The summed E-state index contributed by atoms with van der Waals surface area (Å²) < 4.78 is 0. The molecule has 1 fully saturated rings. The van der Waals surface area contributed by atoms with Crippen molar-refractivity contribution in [2.45, 2.75) is 45.6 Å². The van der Waals surface area contributed by atoms with Crippen LogP contribution in [0.25, 0.3) is 0 Å². The van der Waals surface area contributed by atoms with Gasteiger partial charge in [0.15, 0.2) is 0 Å². The Hall–Kier alpha value is -2.24. The van der Waals surface area contributed by atoms with Crippen molar-refractivity contribution in [3.63, 3.8) is 0 Å². The number of carbonyl (C=O) groups is 2. The Morgan fingerprint density at radius 3 is 2.25 bits per heavy atom. The van der Waals surface area contributed by atoms with Crippen molar-refractivity contribution in [1.82, 2.24) is 10.6 Å². The number of urea groups is 1. The number of hydrogen-bond acceptors (Lipinski definition) is 3. The molecule has 0 aliphatic carbocycles. The van der Waals surface area contributed by atoms with Gasteiger partial charge in [-0.05, 0) is 64.3 Å². The minimum atomic E-state index is -0.349. The van der Waals surface area contributed by atoms with Crippen LogP contribution in [0.2, 0.25) is 0 Å². The molecule has 1 saturated heterocycles. The SMILES string of the molecule is CC(C)(C)NC(=O)NCC(=O)Nc1ccc(N2CCCCC2)cc1. The van der Waals surface area contributed by atoms with Gasteiger partial charge in [0.1, 0.15) is 0 Å². The zero-order valence-electron chi connectivity index (χ0n) is 14.8. The van der Waals surface area contributed by atoms with Gasteiger partial charge in [-0.25, -0.2) is 4.79 Å². The monoisotopic (exact) mass is 332 g/mol. The Morgan fingerprint density at radius 1 is 1.04 bits per heavy atom. The van der Waals surface area contributed by atoms with Crippen LogP contribution in [0.1, 0.15) is 40.0 Å². The maximum atomic E-state index is 11.9. The van der Waals surface area contributed by atoms with Crippen LogP contribution in [0.5, 0.6) is 0 Å². The second kappa shape index (κ2) is 8.04. The van der Waals surface area contributed by atoms with E-state index in [1.54, 1.807) is 0 Å². The third-order valence-electron chi connectivity index (χ3n) is 3.77. The molecule has 24 heavy (non-hydrogen) atoms. The summed E-state index contributed by atoms with van der Waals surface area (Å²) in [7, 11) is 0. The molecule has 1 aromatic rings. The smallest absolute Gasteiger partial charge is 0.315 e. The van der Waals surface area contributed by atoms with Crippen molar-refractivity contribution in [2.75, 3.05) is 29.9 Å². The molecule has 1 aliphatic rings. The first-order valence-corrected chi connectivity index (χ1v) is 8.54. The molecule has 132 valence electrons. The van der Waals surface area contributed by atoms with Gasteiger partial charge in [-0.2, -0.15) is 0 Å². The predicted octanol–water partition coefficient (Wildman–Crippen LogP) is 2.71. The first-order chi connectivity index (χ1) is 11.3. The molecule has 0 unspecified atom stereocenters. The third kappa shape index (κ3) is 6.10. The minimum Gasteiger partial charge on any atom is -0.372 e. The summed E-state index contributed by atoms with van der Waals surface area (Å²) in [5.74, 6) is -0.246. The molecular formula is C18H28N4O2. The Balaban J connectivity index is 1.78. The maximum Gasteiger partial charge on any atom is 0.315 e. The van der Waals surface area contributed by atoms with E-state index in [0.29, 0.717) is 0 Å². The molecule has 0 spiro atoms. The molecule has 6 nitrogen and oxygen atoms in total. The predicted molar refractivity (Wildman–Crippen MR) is 97.4 cm³/mol. The van der Waals surface area contributed by atoms with Crippen LogP contribution in [-0.4, -0.2) is 37.1 Å². The van der Waals surface area contributed by atoms with Crippen LogP contribution in [0.4, 0.5) is 16.2 Å². The van der Waals surface area contributed by atoms with Gasteiger partial charge in [-0.15, -0.1) is 0 Å². The van der Waals surface area contributed by atoms with E-state index in [2.05, 4.69) is 20.9 Å². The summed E-state index contributed by atoms with van der Waals surface area (Å²) >= 11 is 0. The van der Waals surface area contributed by atoms with E-state index >= 15 is 0 Å². The number of hydrogen-bond donors (Lipinski definition) is 3. The normalized spacial score (nSPS) is 14.9. The second-order valence-electron chi connectivity index (χ2n) is 7.20. The highest BCUT2D eigenvalue weighted by molar-refractivity contribution is 5.94. The van der Waals surface area contributed by atoms with Crippen molar-refractivity contribution in [2.24, 2.45) is 0 Å². The molecule has 0 saturated carbocycles. The van der Waals surface area contributed by atoms with Gasteiger partial charge in [0.05, 0.1) is 6.54 Å². The van der Waals surface area contributed by atoms with Crippen molar-refractivity contribution in [1.29, 1.82) is 0 Å². The average Bonchev–Trinajstić information content (AvgIpc) is 2.53. The summed E-state index contributed by atoms with van der Waals surface area (Å²) in [6.07, 6.45) is 3.78. The zero-order chi connectivity index (χ0) is 17.6. The highest BCUT2D eigenvalue weighted by Crippen LogP contribution is 2.21. The molecule has 1 aliphatic heterocycles. The number of amides is 3. The Morgan fingerprint density at radius 2 is 1.67 bits per heavy atom. The van der Waals surface area contributed by atoms with E-state index in [4.69, 9.17) is 0 Å². The Labute approximate surface area is 144 Å². The lowest BCUT2D eigenvalue weighted by Crippen LogP contribution is -2.48. The van der Waals surface area contributed by atoms with Crippen LogP contribution in [-0.2, 0) is 4.79 Å². The van der Waals surface area contributed by atoms with Crippen LogP contribution in [0.3, 0.4) is 0 Å².